The van der Waals surface area contributed by atoms with E-state index in [9.17, 15) is 0 Å². The minimum absolute atomic E-state index is 0.334. The van der Waals surface area contributed by atoms with E-state index in [-0.39, 0.29) is 0 Å². The Morgan fingerprint density at radius 2 is 1.95 bits per heavy atom. The van der Waals surface area contributed by atoms with E-state index < -0.39 is 0 Å². The molecular weight excluding hydrogens is 314 g/mol. The highest BCUT2D eigenvalue weighted by molar-refractivity contribution is 9.10. The van der Waals surface area contributed by atoms with Gasteiger partial charge in [0.2, 0.25) is 0 Å². The number of ether oxygens (including phenoxy) is 1. The maximum absolute atomic E-state index is 5.40. The summed E-state index contributed by atoms with van der Waals surface area (Å²) in [6.07, 6.45) is 0.926. The molecule has 20 heavy (non-hydrogen) atoms. The van der Waals surface area contributed by atoms with Crippen LogP contribution in [0.5, 0.6) is 5.75 Å². The molecule has 0 heterocycles. The molecule has 0 aliphatic heterocycles. The van der Waals surface area contributed by atoms with E-state index in [1.807, 2.05) is 18.2 Å². The van der Waals surface area contributed by atoms with Gasteiger partial charge in [0.15, 0.2) is 0 Å². The van der Waals surface area contributed by atoms with Crippen LogP contribution < -0.4 is 10.1 Å². The third-order valence-electron chi connectivity index (χ3n) is 3.30. The zero-order valence-corrected chi connectivity index (χ0v) is 13.7. The standard InChI is InChI=1S/C17H20BrNO/c1-12-8-9-15(11-16(12)18)19-13(2)10-14-6-4-5-7-17(14)20-3/h4-9,11,13,19H,10H2,1-3H3. The van der Waals surface area contributed by atoms with Crippen molar-refractivity contribution in [2.75, 3.05) is 12.4 Å². The second kappa shape index (κ2) is 6.80. The topological polar surface area (TPSA) is 21.3 Å². The van der Waals surface area contributed by atoms with Crippen LogP contribution in [-0.2, 0) is 6.42 Å². The fourth-order valence-electron chi connectivity index (χ4n) is 2.22. The molecule has 0 amide bonds. The average molecular weight is 334 g/mol. The van der Waals surface area contributed by atoms with Crippen molar-refractivity contribution in [1.82, 2.24) is 0 Å². The maximum atomic E-state index is 5.40. The minimum atomic E-state index is 0.334. The number of hydrogen-bond acceptors (Lipinski definition) is 2. The summed E-state index contributed by atoms with van der Waals surface area (Å²) in [7, 11) is 1.72. The molecule has 0 radical (unpaired) electrons. The molecule has 2 rings (SSSR count). The summed E-state index contributed by atoms with van der Waals surface area (Å²) in [6.45, 7) is 4.27. The Bertz CT molecular complexity index is 583. The van der Waals surface area contributed by atoms with E-state index in [0.29, 0.717) is 6.04 Å². The molecule has 2 aromatic carbocycles. The SMILES string of the molecule is COc1ccccc1CC(C)Nc1ccc(C)c(Br)c1. The van der Waals surface area contributed by atoms with Gasteiger partial charge in [-0.05, 0) is 49.6 Å². The number of nitrogens with one attached hydrogen (secondary N) is 1. The van der Waals surface area contributed by atoms with Crippen molar-refractivity contribution in [3.05, 3.63) is 58.1 Å². The van der Waals surface area contributed by atoms with Gasteiger partial charge < -0.3 is 10.1 Å². The van der Waals surface area contributed by atoms with E-state index in [1.165, 1.54) is 11.1 Å². The second-order valence-corrected chi connectivity index (χ2v) is 5.88. The van der Waals surface area contributed by atoms with Crippen molar-refractivity contribution in [3.63, 3.8) is 0 Å². The third-order valence-corrected chi connectivity index (χ3v) is 4.16. The Labute approximate surface area is 129 Å². The van der Waals surface area contributed by atoms with Gasteiger partial charge in [-0.15, -0.1) is 0 Å². The maximum Gasteiger partial charge on any atom is 0.122 e. The monoisotopic (exact) mass is 333 g/mol. The number of anilines is 1. The third kappa shape index (κ3) is 3.76. The van der Waals surface area contributed by atoms with Gasteiger partial charge in [0.1, 0.15) is 5.75 Å². The van der Waals surface area contributed by atoms with Crippen LogP contribution in [0.25, 0.3) is 0 Å². The van der Waals surface area contributed by atoms with E-state index in [2.05, 4.69) is 59.4 Å². The number of halogens is 1. The van der Waals surface area contributed by atoms with E-state index in [1.54, 1.807) is 7.11 Å². The molecule has 106 valence electrons. The lowest BCUT2D eigenvalue weighted by Gasteiger charge is -2.17. The van der Waals surface area contributed by atoms with Crippen LogP contribution in [-0.4, -0.2) is 13.2 Å². The van der Waals surface area contributed by atoms with Crippen molar-refractivity contribution in [2.24, 2.45) is 0 Å². The van der Waals surface area contributed by atoms with Crippen LogP contribution in [0.3, 0.4) is 0 Å². The van der Waals surface area contributed by atoms with Crippen LogP contribution >= 0.6 is 15.9 Å². The van der Waals surface area contributed by atoms with Gasteiger partial charge in [-0.25, -0.2) is 0 Å². The molecule has 1 atom stereocenters. The summed E-state index contributed by atoms with van der Waals surface area (Å²) in [4.78, 5) is 0. The lowest BCUT2D eigenvalue weighted by molar-refractivity contribution is 0.409. The molecular formula is C17H20BrNO. The van der Waals surface area contributed by atoms with Gasteiger partial charge in [0, 0.05) is 16.2 Å². The van der Waals surface area contributed by atoms with Crippen molar-refractivity contribution in [2.45, 2.75) is 26.3 Å². The second-order valence-electron chi connectivity index (χ2n) is 5.03. The molecule has 3 heteroatoms. The lowest BCUT2D eigenvalue weighted by atomic mass is 10.1. The van der Waals surface area contributed by atoms with Crippen molar-refractivity contribution in [3.8, 4) is 5.75 Å². The quantitative estimate of drug-likeness (QED) is 0.847. The molecule has 0 bridgehead atoms. The van der Waals surface area contributed by atoms with Gasteiger partial charge in [0.25, 0.3) is 0 Å². The normalized spacial score (nSPS) is 12.0. The Hall–Kier alpha value is -1.48. The predicted octanol–water partition coefficient (Wildman–Crippen LogP) is 4.81. The first-order valence-electron chi connectivity index (χ1n) is 6.74. The highest BCUT2D eigenvalue weighted by Crippen LogP contribution is 2.23. The number of rotatable bonds is 5. The van der Waals surface area contributed by atoms with Gasteiger partial charge >= 0.3 is 0 Å². The molecule has 0 spiro atoms. The number of hydrogen-bond donors (Lipinski definition) is 1. The highest BCUT2D eigenvalue weighted by Gasteiger charge is 2.08. The van der Waals surface area contributed by atoms with Crippen molar-refractivity contribution >= 4 is 21.6 Å². The first-order chi connectivity index (χ1) is 9.60. The van der Waals surface area contributed by atoms with Gasteiger partial charge in [-0.1, -0.05) is 40.2 Å². The van der Waals surface area contributed by atoms with Gasteiger partial charge in [0.05, 0.1) is 7.11 Å². The van der Waals surface area contributed by atoms with Crippen LogP contribution in [0.1, 0.15) is 18.1 Å². The first-order valence-corrected chi connectivity index (χ1v) is 7.54. The Balaban J connectivity index is 2.05. The largest absolute Gasteiger partial charge is 0.496 e. The summed E-state index contributed by atoms with van der Waals surface area (Å²) in [5, 5.41) is 3.52. The molecule has 0 saturated carbocycles. The fourth-order valence-corrected chi connectivity index (χ4v) is 2.60. The zero-order valence-electron chi connectivity index (χ0n) is 12.1. The summed E-state index contributed by atoms with van der Waals surface area (Å²) in [5.74, 6) is 0.950. The predicted molar refractivity (Wildman–Crippen MR) is 88.7 cm³/mol. The van der Waals surface area contributed by atoms with E-state index in [0.717, 1.165) is 22.3 Å². The van der Waals surface area contributed by atoms with Gasteiger partial charge in [-0.3, -0.25) is 0 Å². The fraction of sp³-hybridized carbons (Fsp3) is 0.294. The summed E-state index contributed by atoms with van der Waals surface area (Å²) < 4.78 is 6.53. The first kappa shape index (κ1) is 14.9. The smallest absolute Gasteiger partial charge is 0.122 e. The molecule has 0 fully saturated rings. The zero-order chi connectivity index (χ0) is 14.5. The molecule has 0 aliphatic carbocycles. The highest BCUT2D eigenvalue weighted by atomic mass is 79.9. The van der Waals surface area contributed by atoms with Crippen LogP contribution in [0.2, 0.25) is 0 Å². The number of methoxy groups -OCH3 is 1. The molecule has 0 aliphatic rings. The molecule has 2 aromatic rings. The number of aryl methyl sites for hydroxylation is 1. The summed E-state index contributed by atoms with van der Waals surface area (Å²) in [6, 6.07) is 14.8. The van der Waals surface area contributed by atoms with E-state index in [4.69, 9.17) is 4.74 Å². The Morgan fingerprint density at radius 1 is 1.20 bits per heavy atom. The van der Waals surface area contributed by atoms with Crippen LogP contribution in [0.4, 0.5) is 5.69 Å². The van der Waals surface area contributed by atoms with Gasteiger partial charge in [-0.2, -0.15) is 0 Å². The van der Waals surface area contributed by atoms with Crippen molar-refractivity contribution < 1.29 is 4.74 Å². The molecule has 0 saturated heterocycles. The van der Waals surface area contributed by atoms with E-state index >= 15 is 0 Å². The van der Waals surface area contributed by atoms with Crippen molar-refractivity contribution in [1.29, 1.82) is 0 Å². The van der Waals surface area contributed by atoms with Crippen LogP contribution in [0, 0.1) is 6.92 Å². The lowest BCUT2D eigenvalue weighted by Crippen LogP contribution is -2.18. The average Bonchev–Trinajstić information content (AvgIpc) is 2.43. The molecule has 2 nitrogen and oxygen atoms in total. The molecule has 0 aromatic heterocycles. The summed E-state index contributed by atoms with van der Waals surface area (Å²) >= 11 is 3.57. The Kier molecular flexibility index (Phi) is 5.07. The number of benzene rings is 2. The molecule has 1 N–H and O–H groups in total. The minimum Gasteiger partial charge on any atom is -0.496 e. The van der Waals surface area contributed by atoms with Crippen LogP contribution in [0.15, 0.2) is 46.9 Å². The molecule has 1 unspecified atom stereocenters. The summed E-state index contributed by atoms with van der Waals surface area (Å²) in [5.41, 5.74) is 3.60. The number of para-hydroxylation sites is 1. The Morgan fingerprint density at radius 3 is 2.65 bits per heavy atom.